The molecule has 1 aromatic carbocycles. The summed E-state index contributed by atoms with van der Waals surface area (Å²) in [5.41, 5.74) is -0.422. The predicted octanol–water partition coefficient (Wildman–Crippen LogP) is 1.63. The fraction of sp³-hybridized carbons (Fsp3) is 0.633. The van der Waals surface area contributed by atoms with Crippen LogP contribution in [0.25, 0.3) is 0 Å². The highest BCUT2D eigenvalue weighted by molar-refractivity contribution is 5.99. The Morgan fingerprint density at radius 2 is 1.75 bits per heavy atom. The zero-order valence-corrected chi connectivity index (χ0v) is 24.1. The summed E-state index contributed by atoms with van der Waals surface area (Å²) in [4.78, 5) is 67.7. The van der Waals surface area contributed by atoms with E-state index in [0.717, 1.165) is 5.56 Å². The maximum Gasteiger partial charge on any atom is 0.246 e. The Morgan fingerprint density at radius 3 is 2.40 bits per heavy atom. The fourth-order valence-electron chi connectivity index (χ4n) is 5.34. The second-order valence-corrected chi connectivity index (χ2v) is 11.5. The molecule has 40 heavy (non-hydrogen) atoms. The number of nitrogens with one attached hydrogen (secondary N) is 3. The minimum Gasteiger partial charge on any atom is -0.386 e. The van der Waals surface area contributed by atoms with E-state index in [9.17, 15) is 29.1 Å². The van der Waals surface area contributed by atoms with Crippen molar-refractivity contribution in [1.29, 1.82) is 0 Å². The predicted molar refractivity (Wildman–Crippen MR) is 150 cm³/mol. The van der Waals surface area contributed by atoms with Crippen molar-refractivity contribution in [3.8, 4) is 0 Å². The largest absolute Gasteiger partial charge is 0.386 e. The van der Waals surface area contributed by atoms with Crippen LogP contribution in [0.1, 0.15) is 78.2 Å². The van der Waals surface area contributed by atoms with E-state index in [-0.39, 0.29) is 42.8 Å². The van der Waals surface area contributed by atoms with Gasteiger partial charge >= 0.3 is 0 Å². The molecule has 0 spiro atoms. The van der Waals surface area contributed by atoms with Crippen molar-refractivity contribution in [3.63, 3.8) is 0 Å². The number of amides is 4. The molecule has 0 bridgehead atoms. The molecule has 2 aliphatic heterocycles. The van der Waals surface area contributed by atoms with Gasteiger partial charge in [0.2, 0.25) is 23.6 Å². The molecule has 220 valence electrons. The number of benzene rings is 1. The molecule has 10 heteroatoms. The molecule has 10 nitrogen and oxygen atoms in total. The number of fused-ring (bicyclic) bond motifs is 1. The third-order valence-corrected chi connectivity index (χ3v) is 8.10. The first-order chi connectivity index (χ1) is 18.9. The highest BCUT2D eigenvalue weighted by Crippen LogP contribution is 2.26. The zero-order chi connectivity index (χ0) is 29.4. The van der Waals surface area contributed by atoms with Gasteiger partial charge < -0.3 is 26.0 Å². The van der Waals surface area contributed by atoms with Gasteiger partial charge in [-0.25, -0.2) is 0 Å². The Morgan fingerprint density at radius 1 is 1.05 bits per heavy atom. The van der Waals surface area contributed by atoms with Gasteiger partial charge in [-0.2, -0.15) is 0 Å². The molecule has 4 amide bonds. The maximum atomic E-state index is 13.9. The van der Waals surface area contributed by atoms with Gasteiger partial charge in [0.25, 0.3) is 0 Å². The van der Waals surface area contributed by atoms with Gasteiger partial charge in [-0.15, -0.1) is 0 Å². The van der Waals surface area contributed by atoms with Crippen molar-refractivity contribution in [2.75, 3.05) is 6.54 Å². The molecule has 0 radical (unpaired) electrons. The molecule has 0 aliphatic carbocycles. The van der Waals surface area contributed by atoms with E-state index in [0.29, 0.717) is 38.6 Å². The monoisotopic (exact) mass is 556 g/mol. The van der Waals surface area contributed by atoms with Crippen LogP contribution in [0.3, 0.4) is 0 Å². The Hall–Kier alpha value is -3.27. The molecule has 2 aliphatic rings. The van der Waals surface area contributed by atoms with E-state index in [1.807, 2.05) is 37.3 Å². The lowest BCUT2D eigenvalue weighted by atomic mass is 9.94. The molecular formula is C30H44N4O6. The van der Waals surface area contributed by atoms with Gasteiger partial charge in [0.15, 0.2) is 5.78 Å². The summed E-state index contributed by atoms with van der Waals surface area (Å²) in [6.45, 7) is 7.21. The van der Waals surface area contributed by atoms with Gasteiger partial charge in [0, 0.05) is 19.4 Å². The Balaban J connectivity index is 1.84. The topological polar surface area (TPSA) is 145 Å². The van der Waals surface area contributed by atoms with Gasteiger partial charge in [-0.1, -0.05) is 57.0 Å². The van der Waals surface area contributed by atoms with Crippen molar-refractivity contribution in [2.45, 2.75) is 109 Å². The van der Waals surface area contributed by atoms with Crippen LogP contribution in [0, 0.1) is 5.92 Å². The van der Waals surface area contributed by atoms with Crippen LogP contribution >= 0.6 is 0 Å². The van der Waals surface area contributed by atoms with E-state index in [1.165, 1.54) is 6.92 Å². The van der Waals surface area contributed by atoms with Crippen LogP contribution in [0.15, 0.2) is 30.3 Å². The quantitative estimate of drug-likeness (QED) is 0.323. The first-order valence-corrected chi connectivity index (χ1v) is 14.4. The smallest absolute Gasteiger partial charge is 0.246 e. The number of nitrogens with zero attached hydrogens (tertiary/aromatic N) is 1. The summed E-state index contributed by atoms with van der Waals surface area (Å²) in [5, 5.41) is 18.0. The van der Waals surface area contributed by atoms with Crippen molar-refractivity contribution in [3.05, 3.63) is 35.9 Å². The number of ketones is 1. The summed E-state index contributed by atoms with van der Waals surface area (Å²) < 4.78 is 0. The standard InChI is InChI=1S/C30H44N4O6/c1-5-30(4)29(40)32-23(17-21-12-8-6-9-13-21)28(39)34-18-19(2)16-24(34)27(38)31-22(26(37)33-30)14-10-7-11-15-25(36)20(3)35/h6,8-9,12-13,19-20,22-24,35H,5,7,10-11,14-18H2,1-4H3,(H,31,38)(H,32,40)(H,33,37)/t19?,20-,22+,23+,24-,30?/m1/s1. The number of carbonyl (C=O) groups excluding carboxylic acids is 5. The van der Waals surface area contributed by atoms with E-state index < -0.39 is 41.6 Å². The third kappa shape index (κ3) is 7.90. The lowest BCUT2D eigenvalue weighted by Gasteiger charge is -2.36. The number of aliphatic hydroxyl groups excluding tert-OH is 1. The number of hydrogen-bond acceptors (Lipinski definition) is 6. The maximum absolute atomic E-state index is 13.9. The number of unbranched alkanes of at least 4 members (excludes halogenated alkanes) is 2. The molecule has 0 saturated carbocycles. The van der Waals surface area contributed by atoms with Crippen molar-refractivity contribution < 1.29 is 29.1 Å². The van der Waals surface area contributed by atoms with Crippen LogP contribution in [0.2, 0.25) is 0 Å². The molecule has 2 saturated heterocycles. The van der Waals surface area contributed by atoms with E-state index >= 15 is 0 Å². The van der Waals surface area contributed by atoms with E-state index in [4.69, 9.17) is 0 Å². The average molecular weight is 557 g/mol. The molecular weight excluding hydrogens is 512 g/mol. The number of carbonyl (C=O) groups is 5. The van der Waals surface area contributed by atoms with Crippen LogP contribution in [-0.2, 0) is 30.4 Å². The highest BCUT2D eigenvalue weighted by Gasteiger charge is 2.44. The molecule has 4 N–H and O–H groups in total. The van der Waals surface area contributed by atoms with Gasteiger partial charge in [-0.3, -0.25) is 24.0 Å². The SMILES string of the molecule is CCC1(C)NC(=O)[C@H](CCCCCC(=O)[C@@H](C)O)NC(=O)[C@H]2CC(C)CN2C(=O)[C@H](Cc2ccccc2)NC1=O. The Kier molecular flexibility index (Phi) is 10.8. The number of hydrogen-bond donors (Lipinski definition) is 4. The van der Waals surface area contributed by atoms with Crippen LogP contribution in [-0.4, -0.2) is 75.7 Å². The second kappa shape index (κ2) is 13.9. The molecule has 1 aromatic rings. The van der Waals surface area contributed by atoms with Gasteiger partial charge in [-0.05, 0) is 51.0 Å². The van der Waals surface area contributed by atoms with Crippen molar-refractivity contribution >= 4 is 29.4 Å². The van der Waals surface area contributed by atoms with Crippen molar-refractivity contribution in [1.82, 2.24) is 20.9 Å². The second-order valence-electron chi connectivity index (χ2n) is 11.5. The lowest BCUT2D eigenvalue weighted by Crippen LogP contribution is -2.65. The normalized spacial score (nSPS) is 28.5. The lowest BCUT2D eigenvalue weighted by molar-refractivity contribution is -0.144. The summed E-state index contributed by atoms with van der Waals surface area (Å²) in [5.74, 6) is -1.76. The molecule has 2 heterocycles. The molecule has 2 fully saturated rings. The van der Waals surface area contributed by atoms with Gasteiger partial charge in [0.05, 0.1) is 0 Å². The minimum atomic E-state index is -1.30. The third-order valence-electron chi connectivity index (χ3n) is 8.10. The number of Topliss-reactive ketones (excluding diaryl/α,β-unsaturated/α-hetero) is 1. The average Bonchev–Trinajstić information content (AvgIpc) is 3.32. The van der Waals surface area contributed by atoms with Crippen LogP contribution in [0.5, 0.6) is 0 Å². The minimum absolute atomic E-state index is 0.0811. The summed E-state index contributed by atoms with van der Waals surface area (Å²) in [7, 11) is 0. The molecule has 6 atom stereocenters. The fourth-order valence-corrected chi connectivity index (χ4v) is 5.34. The molecule has 3 rings (SSSR count). The van der Waals surface area contributed by atoms with E-state index in [1.54, 1.807) is 18.7 Å². The number of aliphatic hydroxyl groups is 1. The number of rotatable bonds is 10. The summed E-state index contributed by atoms with van der Waals surface area (Å²) in [6.07, 6.45) is 2.32. The Labute approximate surface area is 236 Å². The molecule has 0 aromatic heterocycles. The summed E-state index contributed by atoms with van der Waals surface area (Å²) >= 11 is 0. The van der Waals surface area contributed by atoms with Crippen LogP contribution in [0.4, 0.5) is 0 Å². The highest BCUT2D eigenvalue weighted by atomic mass is 16.3. The van der Waals surface area contributed by atoms with Crippen LogP contribution < -0.4 is 16.0 Å². The first-order valence-electron chi connectivity index (χ1n) is 14.4. The van der Waals surface area contributed by atoms with E-state index in [2.05, 4.69) is 16.0 Å². The first kappa shape index (κ1) is 31.3. The Bertz CT molecular complexity index is 1080. The molecule has 2 unspecified atom stereocenters. The van der Waals surface area contributed by atoms with Gasteiger partial charge in [0.1, 0.15) is 29.8 Å². The van der Waals surface area contributed by atoms with Crippen molar-refractivity contribution in [2.24, 2.45) is 5.92 Å². The zero-order valence-electron chi connectivity index (χ0n) is 24.1. The summed E-state index contributed by atoms with van der Waals surface area (Å²) in [6, 6.07) is 6.86.